The molecule has 1 aromatic rings. The van der Waals surface area contributed by atoms with Gasteiger partial charge in [0.25, 0.3) is 0 Å². The van der Waals surface area contributed by atoms with E-state index in [2.05, 4.69) is 19.1 Å². The van der Waals surface area contributed by atoms with Crippen LogP contribution in [0.1, 0.15) is 43.2 Å². The van der Waals surface area contributed by atoms with Crippen molar-refractivity contribution < 1.29 is 9.47 Å². The first-order chi connectivity index (χ1) is 9.27. The maximum absolute atomic E-state index is 6.10. The second-order valence-electron chi connectivity index (χ2n) is 5.81. The van der Waals surface area contributed by atoms with Crippen LogP contribution in [0.25, 0.3) is 0 Å². The third-order valence-corrected chi connectivity index (χ3v) is 4.69. The minimum absolute atomic E-state index is 0.161. The Morgan fingerprint density at radius 1 is 1.11 bits per heavy atom. The van der Waals surface area contributed by atoms with Gasteiger partial charge < -0.3 is 15.2 Å². The number of fused-ring (bicyclic) bond motifs is 1. The third kappa shape index (κ3) is 2.10. The molecule has 1 heterocycles. The van der Waals surface area contributed by atoms with Crippen LogP contribution < -0.4 is 15.2 Å². The average Bonchev–Trinajstić information content (AvgIpc) is 2.78. The molecule has 1 aliphatic carbocycles. The Balaban J connectivity index is 2.05. The summed E-state index contributed by atoms with van der Waals surface area (Å²) in [5.41, 5.74) is 8.87. The van der Waals surface area contributed by atoms with Gasteiger partial charge in [0.2, 0.25) is 0 Å². The molecule has 2 aliphatic rings. The molecule has 1 aliphatic heterocycles. The maximum Gasteiger partial charge on any atom is 0.164 e. The van der Waals surface area contributed by atoms with Gasteiger partial charge in [-0.15, -0.1) is 0 Å². The Bertz CT molecular complexity index is 464. The molecular weight excluding hydrogens is 238 g/mol. The lowest BCUT2D eigenvalue weighted by Crippen LogP contribution is -2.32. The van der Waals surface area contributed by atoms with E-state index in [9.17, 15) is 0 Å². The van der Waals surface area contributed by atoms with Crippen LogP contribution in [0.2, 0.25) is 0 Å². The van der Waals surface area contributed by atoms with Crippen LogP contribution in [0.3, 0.4) is 0 Å². The molecule has 19 heavy (non-hydrogen) atoms. The van der Waals surface area contributed by atoms with Crippen LogP contribution in [-0.4, -0.2) is 19.8 Å². The normalized spacial score (nSPS) is 21.2. The van der Waals surface area contributed by atoms with Gasteiger partial charge in [0.15, 0.2) is 11.5 Å². The standard InChI is InChI=1S/C16H23NO2/c1-12-13(16(11-17)7-2-3-8-16)5-6-14-15(12)19-10-4-9-18-14/h5-6H,2-4,7-11,17H2,1H3. The lowest BCUT2D eigenvalue weighted by atomic mass is 9.76. The van der Waals surface area contributed by atoms with Crippen molar-refractivity contribution in [1.82, 2.24) is 0 Å². The molecule has 2 N–H and O–H groups in total. The highest BCUT2D eigenvalue weighted by Gasteiger charge is 2.36. The van der Waals surface area contributed by atoms with Gasteiger partial charge in [0.05, 0.1) is 13.2 Å². The molecule has 1 saturated carbocycles. The Morgan fingerprint density at radius 3 is 2.58 bits per heavy atom. The van der Waals surface area contributed by atoms with E-state index in [0.717, 1.165) is 37.7 Å². The summed E-state index contributed by atoms with van der Waals surface area (Å²) in [6, 6.07) is 4.28. The number of ether oxygens (including phenoxy) is 2. The van der Waals surface area contributed by atoms with Gasteiger partial charge in [-0.2, -0.15) is 0 Å². The lowest BCUT2D eigenvalue weighted by molar-refractivity contribution is 0.296. The SMILES string of the molecule is Cc1c(C2(CN)CCCC2)ccc2c1OCCCO2. The number of benzene rings is 1. The van der Waals surface area contributed by atoms with Gasteiger partial charge in [-0.05, 0) is 37.0 Å². The summed E-state index contributed by atoms with van der Waals surface area (Å²) in [7, 11) is 0. The van der Waals surface area contributed by atoms with E-state index in [4.69, 9.17) is 15.2 Å². The fourth-order valence-electron chi connectivity index (χ4n) is 3.58. The Hall–Kier alpha value is -1.22. The van der Waals surface area contributed by atoms with E-state index >= 15 is 0 Å². The van der Waals surface area contributed by atoms with Gasteiger partial charge in [0.1, 0.15) is 0 Å². The van der Waals surface area contributed by atoms with Gasteiger partial charge in [-0.3, -0.25) is 0 Å². The van der Waals surface area contributed by atoms with Gasteiger partial charge >= 0.3 is 0 Å². The quantitative estimate of drug-likeness (QED) is 0.890. The van der Waals surface area contributed by atoms with Crippen molar-refractivity contribution >= 4 is 0 Å². The van der Waals surface area contributed by atoms with Crippen molar-refractivity contribution in [1.29, 1.82) is 0 Å². The van der Waals surface area contributed by atoms with Crippen LogP contribution in [0, 0.1) is 6.92 Å². The topological polar surface area (TPSA) is 44.5 Å². The van der Waals surface area contributed by atoms with E-state index in [0.29, 0.717) is 0 Å². The van der Waals surface area contributed by atoms with Crippen LogP contribution in [0.5, 0.6) is 11.5 Å². The van der Waals surface area contributed by atoms with Crippen LogP contribution >= 0.6 is 0 Å². The highest BCUT2D eigenvalue weighted by atomic mass is 16.5. The molecule has 3 rings (SSSR count). The van der Waals surface area contributed by atoms with E-state index < -0.39 is 0 Å². The summed E-state index contributed by atoms with van der Waals surface area (Å²) in [5, 5.41) is 0. The van der Waals surface area contributed by atoms with E-state index in [1.165, 1.54) is 36.8 Å². The molecule has 1 aromatic carbocycles. The van der Waals surface area contributed by atoms with Crippen LogP contribution in [-0.2, 0) is 5.41 Å². The molecule has 3 nitrogen and oxygen atoms in total. The van der Waals surface area contributed by atoms with Crippen molar-refractivity contribution in [3.05, 3.63) is 23.3 Å². The summed E-state index contributed by atoms with van der Waals surface area (Å²) in [5.74, 6) is 1.83. The summed E-state index contributed by atoms with van der Waals surface area (Å²) in [6.07, 6.45) is 5.91. The van der Waals surface area contributed by atoms with Crippen molar-refractivity contribution in [2.75, 3.05) is 19.8 Å². The van der Waals surface area contributed by atoms with E-state index in [1.54, 1.807) is 0 Å². The van der Waals surface area contributed by atoms with Gasteiger partial charge in [-0.1, -0.05) is 18.9 Å². The van der Waals surface area contributed by atoms with Crippen molar-refractivity contribution in [3.63, 3.8) is 0 Å². The van der Waals surface area contributed by atoms with Gasteiger partial charge in [-0.25, -0.2) is 0 Å². The summed E-state index contributed by atoms with van der Waals surface area (Å²) >= 11 is 0. The predicted molar refractivity (Wildman–Crippen MR) is 76.0 cm³/mol. The molecule has 1 fully saturated rings. The fraction of sp³-hybridized carbons (Fsp3) is 0.625. The monoisotopic (exact) mass is 261 g/mol. The number of hydrogen-bond acceptors (Lipinski definition) is 3. The lowest BCUT2D eigenvalue weighted by Gasteiger charge is -2.30. The van der Waals surface area contributed by atoms with E-state index in [1.807, 2.05) is 0 Å². The smallest absolute Gasteiger partial charge is 0.164 e. The van der Waals surface area contributed by atoms with Crippen molar-refractivity contribution in [2.24, 2.45) is 5.73 Å². The van der Waals surface area contributed by atoms with Crippen molar-refractivity contribution in [3.8, 4) is 11.5 Å². The first-order valence-corrected chi connectivity index (χ1v) is 7.37. The third-order valence-electron chi connectivity index (χ3n) is 4.69. The first-order valence-electron chi connectivity index (χ1n) is 7.37. The molecule has 3 heteroatoms. The summed E-state index contributed by atoms with van der Waals surface area (Å²) < 4.78 is 11.7. The number of hydrogen-bond donors (Lipinski definition) is 1. The van der Waals surface area contributed by atoms with E-state index in [-0.39, 0.29) is 5.41 Å². The average molecular weight is 261 g/mol. The molecular formula is C16H23NO2. The molecule has 0 unspecified atom stereocenters. The molecule has 104 valence electrons. The molecule has 0 saturated heterocycles. The summed E-state index contributed by atoms with van der Waals surface area (Å²) in [4.78, 5) is 0. The van der Waals surface area contributed by atoms with Crippen LogP contribution in [0.15, 0.2) is 12.1 Å². The number of rotatable bonds is 2. The predicted octanol–water partition coefficient (Wildman–Crippen LogP) is 2.93. The molecule has 0 radical (unpaired) electrons. The zero-order valence-corrected chi connectivity index (χ0v) is 11.7. The zero-order chi connectivity index (χ0) is 13.3. The number of nitrogens with two attached hydrogens (primary N) is 1. The van der Waals surface area contributed by atoms with Crippen LogP contribution in [0.4, 0.5) is 0 Å². The molecule has 0 atom stereocenters. The fourth-order valence-corrected chi connectivity index (χ4v) is 3.58. The first kappa shape index (κ1) is 12.8. The Labute approximate surface area is 115 Å². The molecule has 0 aromatic heterocycles. The summed E-state index contributed by atoms with van der Waals surface area (Å²) in [6.45, 7) is 4.37. The second-order valence-corrected chi connectivity index (χ2v) is 5.81. The maximum atomic E-state index is 6.10. The minimum Gasteiger partial charge on any atom is -0.490 e. The largest absolute Gasteiger partial charge is 0.490 e. The highest BCUT2D eigenvalue weighted by molar-refractivity contribution is 5.53. The van der Waals surface area contributed by atoms with Gasteiger partial charge in [0, 0.05) is 18.4 Å². The second kappa shape index (κ2) is 5.04. The Morgan fingerprint density at radius 2 is 1.84 bits per heavy atom. The zero-order valence-electron chi connectivity index (χ0n) is 11.7. The minimum atomic E-state index is 0.161. The molecule has 0 spiro atoms. The van der Waals surface area contributed by atoms with Crippen molar-refractivity contribution in [2.45, 2.75) is 44.4 Å². The molecule has 0 bridgehead atoms. The molecule has 0 amide bonds. The Kier molecular flexibility index (Phi) is 3.40. The highest BCUT2D eigenvalue weighted by Crippen LogP contribution is 2.46.